The largest absolute Gasteiger partial charge is 0.321 e. The van der Waals surface area contributed by atoms with Gasteiger partial charge in [0.05, 0.1) is 11.4 Å². The van der Waals surface area contributed by atoms with Gasteiger partial charge in [0.25, 0.3) is 0 Å². The first-order valence-electron chi connectivity index (χ1n) is 7.68. The van der Waals surface area contributed by atoms with Crippen LogP contribution in [0.1, 0.15) is 19.0 Å². The van der Waals surface area contributed by atoms with Crippen LogP contribution in [0.3, 0.4) is 0 Å². The first-order valence-corrected chi connectivity index (χ1v) is 7.68. The van der Waals surface area contributed by atoms with Crippen LogP contribution in [0.4, 0.5) is 17.5 Å². The fourth-order valence-corrected chi connectivity index (χ4v) is 2.16. The van der Waals surface area contributed by atoms with Crippen molar-refractivity contribution in [1.29, 1.82) is 0 Å². The SMILES string of the molecule is CCC(=O)Nc1ccc(Nc2n[nH]c(-c3ccccc3)n2)c(C)n1. The van der Waals surface area contributed by atoms with Gasteiger partial charge in [0.1, 0.15) is 5.82 Å². The third-order valence-electron chi connectivity index (χ3n) is 3.45. The number of aryl methyl sites for hydroxylation is 1. The second kappa shape index (κ2) is 6.91. The Morgan fingerprint density at radius 1 is 1.12 bits per heavy atom. The van der Waals surface area contributed by atoms with E-state index in [1.165, 1.54) is 0 Å². The van der Waals surface area contributed by atoms with Crippen LogP contribution in [0, 0.1) is 6.92 Å². The molecular weight excluding hydrogens is 304 g/mol. The summed E-state index contributed by atoms with van der Waals surface area (Å²) in [6.45, 7) is 3.65. The number of aromatic amines is 1. The lowest BCUT2D eigenvalue weighted by Crippen LogP contribution is -2.11. The summed E-state index contributed by atoms with van der Waals surface area (Å²) in [6.07, 6.45) is 0.417. The topological polar surface area (TPSA) is 95.6 Å². The summed E-state index contributed by atoms with van der Waals surface area (Å²) in [5.41, 5.74) is 2.49. The number of rotatable bonds is 5. The molecule has 3 rings (SSSR count). The Balaban J connectivity index is 1.75. The standard InChI is InChI=1S/C17H18N6O/c1-3-15(24)20-14-10-9-13(11(2)18-14)19-17-21-16(22-23-17)12-7-5-4-6-8-12/h4-10H,3H2,1-2H3,(H,18,20,24)(H2,19,21,22,23). The normalized spacial score (nSPS) is 10.4. The third-order valence-corrected chi connectivity index (χ3v) is 3.45. The summed E-state index contributed by atoms with van der Waals surface area (Å²) < 4.78 is 0. The third kappa shape index (κ3) is 3.57. The van der Waals surface area contributed by atoms with Crippen LogP contribution in [0.15, 0.2) is 42.5 Å². The highest BCUT2D eigenvalue weighted by molar-refractivity contribution is 5.89. The molecule has 0 saturated heterocycles. The van der Waals surface area contributed by atoms with Crippen molar-refractivity contribution in [2.45, 2.75) is 20.3 Å². The van der Waals surface area contributed by atoms with Crippen LogP contribution < -0.4 is 10.6 Å². The molecule has 2 heterocycles. The van der Waals surface area contributed by atoms with Gasteiger partial charge in [-0.1, -0.05) is 37.3 Å². The number of carbonyl (C=O) groups excluding carboxylic acids is 1. The fraction of sp³-hybridized carbons (Fsp3) is 0.176. The van der Waals surface area contributed by atoms with Crippen molar-refractivity contribution in [3.05, 3.63) is 48.2 Å². The molecule has 7 heteroatoms. The molecule has 3 aromatic rings. The van der Waals surface area contributed by atoms with Crippen LogP contribution in [-0.4, -0.2) is 26.1 Å². The number of carbonyl (C=O) groups is 1. The number of amides is 1. The van der Waals surface area contributed by atoms with E-state index in [1.54, 1.807) is 13.0 Å². The molecule has 0 atom stereocenters. The van der Waals surface area contributed by atoms with Gasteiger partial charge in [-0.3, -0.25) is 9.89 Å². The number of anilines is 3. The smallest absolute Gasteiger partial charge is 0.246 e. The van der Waals surface area contributed by atoms with E-state index in [0.29, 0.717) is 24.0 Å². The molecule has 0 saturated carbocycles. The molecule has 0 radical (unpaired) electrons. The number of aromatic nitrogens is 4. The zero-order valence-corrected chi connectivity index (χ0v) is 13.5. The van der Waals surface area contributed by atoms with Gasteiger partial charge < -0.3 is 10.6 Å². The predicted molar refractivity (Wildman–Crippen MR) is 93.0 cm³/mol. The molecule has 122 valence electrons. The highest BCUT2D eigenvalue weighted by Gasteiger charge is 2.08. The number of benzene rings is 1. The quantitative estimate of drug-likeness (QED) is 0.670. The van der Waals surface area contributed by atoms with Crippen LogP contribution in [0.25, 0.3) is 11.4 Å². The average molecular weight is 322 g/mol. The van der Waals surface area contributed by atoms with Gasteiger partial charge in [-0.2, -0.15) is 4.98 Å². The Morgan fingerprint density at radius 3 is 2.62 bits per heavy atom. The molecular formula is C17H18N6O. The number of nitrogens with one attached hydrogen (secondary N) is 3. The Morgan fingerprint density at radius 2 is 1.92 bits per heavy atom. The minimum atomic E-state index is -0.0657. The van der Waals surface area contributed by atoms with E-state index in [2.05, 4.69) is 30.8 Å². The maximum absolute atomic E-state index is 11.4. The zero-order valence-electron chi connectivity index (χ0n) is 13.5. The summed E-state index contributed by atoms with van der Waals surface area (Å²) in [6, 6.07) is 13.3. The first kappa shape index (κ1) is 15.7. The van der Waals surface area contributed by atoms with Gasteiger partial charge in [-0.15, -0.1) is 5.10 Å². The van der Waals surface area contributed by atoms with Crippen molar-refractivity contribution in [2.24, 2.45) is 0 Å². The molecule has 0 spiro atoms. The molecule has 7 nitrogen and oxygen atoms in total. The van der Waals surface area contributed by atoms with Crippen LogP contribution in [0.2, 0.25) is 0 Å². The molecule has 24 heavy (non-hydrogen) atoms. The van der Waals surface area contributed by atoms with E-state index >= 15 is 0 Å². The van der Waals surface area contributed by atoms with Crippen molar-refractivity contribution in [1.82, 2.24) is 20.2 Å². The molecule has 1 aromatic carbocycles. The lowest BCUT2D eigenvalue weighted by atomic mass is 10.2. The van der Waals surface area contributed by atoms with Crippen LogP contribution >= 0.6 is 0 Å². The predicted octanol–water partition coefficient (Wildman–Crippen LogP) is 3.27. The number of hydrogen-bond acceptors (Lipinski definition) is 5. The van der Waals surface area contributed by atoms with Gasteiger partial charge in [0, 0.05) is 12.0 Å². The van der Waals surface area contributed by atoms with E-state index in [1.807, 2.05) is 43.3 Å². The van der Waals surface area contributed by atoms with Crippen molar-refractivity contribution < 1.29 is 4.79 Å². The Hall–Kier alpha value is -3.22. The highest BCUT2D eigenvalue weighted by Crippen LogP contribution is 2.21. The molecule has 2 aromatic heterocycles. The minimum Gasteiger partial charge on any atom is -0.321 e. The van der Waals surface area contributed by atoms with E-state index in [0.717, 1.165) is 16.9 Å². The monoisotopic (exact) mass is 322 g/mol. The molecule has 0 unspecified atom stereocenters. The van der Waals surface area contributed by atoms with Crippen molar-refractivity contribution >= 4 is 23.4 Å². The van der Waals surface area contributed by atoms with Crippen molar-refractivity contribution in [3.8, 4) is 11.4 Å². The average Bonchev–Trinajstić information content (AvgIpc) is 3.06. The van der Waals surface area contributed by atoms with Crippen LogP contribution in [0.5, 0.6) is 0 Å². The highest BCUT2D eigenvalue weighted by atomic mass is 16.1. The first-order chi connectivity index (χ1) is 11.7. The fourth-order valence-electron chi connectivity index (χ4n) is 2.16. The Bertz CT molecular complexity index is 843. The molecule has 0 fully saturated rings. The molecule has 0 aliphatic rings. The summed E-state index contributed by atoms with van der Waals surface area (Å²) in [5, 5.41) is 12.9. The van der Waals surface area contributed by atoms with Gasteiger partial charge >= 0.3 is 0 Å². The van der Waals surface area contributed by atoms with Crippen molar-refractivity contribution in [2.75, 3.05) is 10.6 Å². The van der Waals surface area contributed by atoms with E-state index < -0.39 is 0 Å². The maximum Gasteiger partial charge on any atom is 0.246 e. The zero-order chi connectivity index (χ0) is 16.9. The second-order valence-corrected chi connectivity index (χ2v) is 5.23. The van der Waals surface area contributed by atoms with E-state index in [-0.39, 0.29) is 5.91 Å². The van der Waals surface area contributed by atoms with E-state index in [9.17, 15) is 4.79 Å². The minimum absolute atomic E-state index is 0.0657. The summed E-state index contributed by atoms with van der Waals surface area (Å²) in [7, 11) is 0. The van der Waals surface area contributed by atoms with Gasteiger partial charge in [-0.05, 0) is 19.1 Å². The Labute approximate surface area is 139 Å². The summed E-state index contributed by atoms with van der Waals surface area (Å²) >= 11 is 0. The lowest BCUT2D eigenvalue weighted by molar-refractivity contribution is -0.115. The molecule has 0 aliphatic carbocycles. The second-order valence-electron chi connectivity index (χ2n) is 5.23. The van der Waals surface area contributed by atoms with E-state index in [4.69, 9.17) is 0 Å². The molecule has 0 aliphatic heterocycles. The summed E-state index contributed by atoms with van der Waals surface area (Å²) in [4.78, 5) is 20.2. The Kier molecular flexibility index (Phi) is 4.51. The van der Waals surface area contributed by atoms with Crippen molar-refractivity contribution in [3.63, 3.8) is 0 Å². The maximum atomic E-state index is 11.4. The van der Waals surface area contributed by atoms with Gasteiger partial charge in [-0.25, -0.2) is 4.98 Å². The molecule has 3 N–H and O–H groups in total. The number of H-pyrrole nitrogens is 1. The number of pyridine rings is 1. The molecule has 0 bridgehead atoms. The van der Waals surface area contributed by atoms with Gasteiger partial charge in [0.2, 0.25) is 11.9 Å². The lowest BCUT2D eigenvalue weighted by Gasteiger charge is -2.08. The number of nitrogens with zero attached hydrogens (tertiary/aromatic N) is 3. The van der Waals surface area contributed by atoms with Crippen LogP contribution in [-0.2, 0) is 4.79 Å². The summed E-state index contributed by atoms with van der Waals surface area (Å²) in [5.74, 6) is 1.62. The molecule has 1 amide bonds. The number of hydrogen-bond donors (Lipinski definition) is 3. The van der Waals surface area contributed by atoms with Gasteiger partial charge in [0.15, 0.2) is 5.82 Å².